The van der Waals surface area contributed by atoms with Crippen molar-refractivity contribution < 1.29 is 9.21 Å². The van der Waals surface area contributed by atoms with E-state index >= 15 is 0 Å². The molecule has 1 aromatic rings. The smallest absolute Gasteiger partial charge is 0.264 e. The Morgan fingerprint density at radius 2 is 2.11 bits per heavy atom. The fourth-order valence-electron chi connectivity index (χ4n) is 1.31. The highest BCUT2D eigenvalue weighted by molar-refractivity contribution is 8.22. The Morgan fingerprint density at radius 3 is 2.58 bits per heavy atom. The van der Waals surface area contributed by atoms with Crippen molar-refractivity contribution in [1.82, 2.24) is 5.32 Å². The normalized spacial score (nSPS) is 9.74. The average Bonchev–Trinajstić information content (AvgIpc) is 2.91. The van der Waals surface area contributed by atoms with Gasteiger partial charge in [-0.05, 0) is 23.6 Å². The predicted molar refractivity (Wildman–Crippen MR) is 79.5 cm³/mol. The maximum atomic E-state index is 12.0. The third-order valence-corrected chi connectivity index (χ3v) is 4.31. The second-order valence-corrected chi connectivity index (χ2v) is 6.21. The van der Waals surface area contributed by atoms with Crippen LogP contribution in [0.2, 0.25) is 0 Å². The summed E-state index contributed by atoms with van der Waals surface area (Å²) in [5, 5.41) is 11.9. The molecule has 1 amide bonds. The van der Waals surface area contributed by atoms with E-state index in [1.165, 1.54) is 23.5 Å². The van der Waals surface area contributed by atoms with Crippen LogP contribution in [0.4, 0.5) is 0 Å². The molecule has 0 fully saturated rings. The number of rotatable bonds is 7. The fourth-order valence-corrected chi connectivity index (χ4v) is 3.44. The monoisotopic (exact) mass is 296 g/mol. The second-order valence-electron chi connectivity index (χ2n) is 3.40. The molecule has 1 rings (SSSR count). The van der Waals surface area contributed by atoms with Gasteiger partial charge in [-0.15, -0.1) is 23.5 Å². The molecular formula is C13H16N2O2S2. The largest absolute Gasteiger partial charge is 0.467 e. The van der Waals surface area contributed by atoms with Crippen molar-refractivity contribution in [3.63, 3.8) is 0 Å². The lowest BCUT2D eigenvalue weighted by molar-refractivity contribution is -0.117. The van der Waals surface area contributed by atoms with E-state index in [9.17, 15) is 4.79 Å². The molecule has 0 aliphatic carbocycles. The van der Waals surface area contributed by atoms with Crippen molar-refractivity contribution >= 4 is 29.4 Å². The zero-order valence-corrected chi connectivity index (χ0v) is 12.6. The van der Waals surface area contributed by atoms with Gasteiger partial charge in [0.25, 0.3) is 5.91 Å². The van der Waals surface area contributed by atoms with Crippen molar-refractivity contribution in [2.24, 2.45) is 0 Å². The van der Waals surface area contributed by atoms with Gasteiger partial charge in [-0.2, -0.15) is 5.26 Å². The van der Waals surface area contributed by atoms with Crippen LogP contribution < -0.4 is 5.32 Å². The second kappa shape index (κ2) is 8.73. The van der Waals surface area contributed by atoms with E-state index in [0.29, 0.717) is 5.76 Å². The number of amides is 1. The van der Waals surface area contributed by atoms with Gasteiger partial charge in [0.15, 0.2) is 0 Å². The Kier molecular flexibility index (Phi) is 7.23. The Labute approximate surface area is 121 Å². The summed E-state index contributed by atoms with van der Waals surface area (Å²) in [6.45, 7) is 4.28. The van der Waals surface area contributed by atoms with Crippen LogP contribution in [0.15, 0.2) is 32.6 Å². The van der Waals surface area contributed by atoms with Crippen LogP contribution in [0.3, 0.4) is 0 Å². The summed E-state index contributed by atoms with van der Waals surface area (Å²) in [5.74, 6) is 1.98. The molecule has 102 valence electrons. The number of carbonyl (C=O) groups is 1. The number of nitriles is 1. The van der Waals surface area contributed by atoms with E-state index < -0.39 is 0 Å². The van der Waals surface area contributed by atoms with Crippen LogP contribution in [0.25, 0.3) is 0 Å². The summed E-state index contributed by atoms with van der Waals surface area (Å²) in [7, 11) is 0. The van der Waals surface area contributed by atoms with E-state index in [2.05, 4.69) is 5.32 Å². The van der Waals surface area contributed by atoms with Crippen molar-refractivity contribution in [3.05, 3.63) is 34.0 Å². The summed E-state index contributed by atoms with van der Waals surface area (Å²) in [4.78, 5) is 12.0. The van der Waals surface area contributed by atoms with Gasteiger partial charge in [0.05, 0.1) is 17.0 Å². The van der Waals surface area contributed by atoms with Crippen molar-refractivity contribution in [1.29, 1.82) is 5.26 Å². The van der Waals surface area contributed by atoms with Gasteiger partial charge in [-0.25, -0.2) is 0 Å². The lowest BCUT2D eigenvalue weighted by Crippen LogP contribution is -2.24. The molecule has 1 aromatic heterocycles. The summed E-state index contributed by atoms with van der Waals surface area (Å²) in [5.41, 5.74) is 0.185. The van der Waals surface area contributed by atoms with Crippen LogP contribution >= 0.6 is 23.5 Å². The van der Waals surface area contributed by atoms with Crippen molar-refractivity contribution in [2.45, 2.75) is 20.4 Å². The molecule has 4 nitrogen and oxygen atoms in total. The van der Waals surface area contributed by atoms with Crippen LogP contribution in [0.5, 0.6) is 0 Å². The van der Waals surface area contributed by atoms with Crippen molar-refractivity contribution in [2.75, 3.05) is 11.5 Å². The van der Waals surface area contributed by atoms with Gasteiger partial charge in [-0.3, -0.25) is 4.79 Å². The van der Waals surface area contributed by atoms with Gasteiger partial charge in [-0.1, -0.05) is 13.8 Å². The van der Waals surface area contributed by atoms with Gasteiger partial charge in [0.2, 0.25) is 0 Å². The maximum Gasteiger partial charge on any atom is 0.264 e. The number of furan rings is 1. The highest BCUT2D eigenvalue weighted by Gasteiger charge is 2.15. The molecule has 0 spiro atoms. The molecule has 0 aliphatic rings. The number of thioether (sulfide) groups is 2. The van der Waals surface area contributed by atoms with Gasteiger partial charge >= 0.3 is 0 Å². The minimum absolute atomic E-state index is 0.185. The number of hydrogen-bond acceptors (Lipinski definition) is 5. The lowest BCUT2D eigenvalue weighted by Gasteiger charge is -2.08. The molecule has 1 heterocycles. The molecule has 19 heavy (non-hydrogen) atoms. The molecule has 0 bridgehead atoms. The number of nitrogens with zero attached hydrogens (tertiary/aromatic N) is 1. The van der Waals surface area contributed by atoms with Gasteiger partial charge in [0.1, 0.15) is 17.4 Å². The Balaban J connectivity index is 2.73. The molecule has 6 heteroatoms. The average molecular weight is 296 g/mol. The van der Waals surface area contributed by atoms with Crippen LogP contribution in [0, 0.1) is 11.3 Å². The molecule has 0 aliphatic heterocycles. The lowest BCUT2D eigenvalue weighted by atomic mass is 10.3. The minimum atomic E-state index is -0.351. The number of carbonyl (C=O) groups excluding carboxylic acids is 1. The first-order valence-electron chi connectivity index (χ1n) is 5.93. The summed E-state index contributed by atoms with van der Waals surface area (Å²) >= 11 is 3.04. The van der Waals surface area contributed by atoms with E-state index in [1.54, 1.807) is 18.4 Å². The third kappa shape index (κ3) is 5.05. The molecular weight excluding hydrogens is 280 g/mol. The van der Waals surface area contributed by atoms with E-state index in [4.69, 9.17) is 9.68 Å². The van der Waals surface area contributed by atoms with Crippen molar-refractivity contribution in [3.8, 4) is 6.07 Å². The van der Waals surface area contributed by atoms with Gasteiger partial charge < -0.3 is 9.73 Å². The zero-order chi connectivity index (χ0) is 14.1. The molecule has 0 saturated heterocycles. The molecule has 0 atom stereocenters. The SMILES string of the molecule is CCSC(SCC)=C(C#N)C(=O)NCc1ccco1. The molecule has 1 N–H and O–H groups in total. The summed E-state index contributed by atoms with van der Waals surface area (Å²) < 4.78 is 5.91. The fraction of sp³-hybridized carbons (Fsp3) is 0.385. The molecule has 0 radical (unpaired) electrons. The number of nitrogens with one attached hydrogen (secondary N) is 1. The standard InChI is InChI=1S/C13H16N2O2S2/c1-3-18-13(19-4-2)11(8-14)12(16)15-9-10-6-5-7-17-10/h5-7H,3-4,9H2,1-2H3,(H,15,16). The van der Waals surface area contributed by atoms with E-state index in [1.807, 2.05) is 19.9 Å². The van der Waals surface area contributed by atoms with E-state index in [-0.39, 0.29) is 18.0 Å². The topological polar surface area (TPSA) is 66.0 Å². The first-order valence-corrected chi connectivity index (χ1v) is 7.90. The zero-order valence-electron chi connectivity index (χ0n) is 10.9. The Hall–Kier alpha value is -1.32. The summed E-state index contributed by atoms with van der Waals surface area (Å²) in [6, 6.07) is 5.53. The van der Waals surface area contributed by atoms with E-state index in [0.717, 1.165) is 15.7 Å². The third-order valence-electron chi connectivity index (χ3n) is 2.10. The maximum absolute atomic E-state index is 12.0. The first-order chi connectivity index (χ1) is 9.22. The highest BCUT2D eigenvalue weighted by Crippen LogP contribution is 2.31. The van der Waals surface area contributed by atoms with Crippen LogP contribution in [0.1, 0.15) is 19.6 Å². The quantitative estimate of drug-likeness (QED) is 0.618. The number of hydrogen-bond donors (Lipinski definition) is 1. The minimum Gasteiger partial charge on any atom is -0.467 e. The van der Waals surface area contributed by atoms with Gasteiger partial charge in [0, 0.05) is 0 Å². The first kappa shape index (κ1) is 15.7. The highest BCUT2D eigenvalue weighted by atomic mass is 32.2. The molecule has 0 unspecified atom stereocenters. The summed E-state index contributed by atoms with van der Waals surface area (Å²) in [6.07, 6.45) is 1.55. The Morgan fingerprint density at radius 1 is 1.42 bits per heavy atom. The molecule has 0 saturated carbocycles. The predicted octanol–water partition coefficient (Wildman–Crippen LogP) is 3.14. The Bertz CT molecular complexity index is 467. The van der Waals surface area contributed by atoms with Crippen LogP contribution in [-0.4, -0.2) is 17.4 Å². The van der Waals surface area contributed by atoms with Crippen LogP contribution in [-0.2, 0) is 11.3 Å². The molecule has 0 aromatic carbocycles.